The van der Waals surface area contributed by atoms with Crippen molar-refractivity contribution in [1.82, 2.24) is 15.2 Å². The number of para-hydroxylation sites is 1. The van der Waals surface area contributed by atoms with Gasteiger partial charge < -0.3 is 9.72 Å². The summed E-state index contributed by atoms with van der Waals surface area (Å²) in [4.78, 5) is 3.62. The molecule has 5 aromatic rings. The summed E-state index contributed by atoms with van der Waals surface area (Å²) in [5, 5.41) is 9.07. The Hall–Kier alpha value is -4.10. The Bertz CT molecular complexity index is 1910. The van der Waals surface area contributed by atoms with Crippen LogP contribution in [-0.2, 0) is 16.3 Å². The molecule has 2 aromatic heterocycles. The van der Waals surface area contributed by atoms with Crippen molar-refractivity contribution in [3.63, 3.8) is 0 Å². The number of hydrogen-bond acceptors (Lipinski definition) is 2. The highest BCUT2D eigenvalue weighted by Crippen LogP contribution is 2.49. The number of ether oxygens (including phenoxy) is 1. The molecular formula is C38H38F3N3O. The Morgan fingerprint density at radius 2 is 1.73 bits per heavy atom. The van der Waals surface area contributed by atoms with E-state index in [1.807, 2.05) is 24.3 Å². The van der Waals surface area contributed by atoms with Gasteiger partial charge in [-0.25, -0.2) is 0 Å². The number of aromatic amines is 2. The molecule has 3 heterocycles. The first-order valence-electron chi connectivity index (χ1n) is 15.6. The Labute approximate surface area is 261 Å². The minimum atomic E-state index is -4.42. The van der Waals surface area contributed by atoms with Gasteiger partial charge in [-0.05, 0) is 65.6 Å². The first-order valence-corrected chi connectivity index (χ1v) is 15.6. The zero-order chi connectivity index (χ0) is 31.6. The number of halogens is 3. The monoisotopic (exact) mass is 609 g/mol. The van der Waals surface area contributed by atoms with Crippen molar-refractivity contribution in [2.75, 3.05) is 6.61 Å². The molecule has 3 unspecified atom stereocenters. The first-order chi connectivity index (χ1) is 21.4. The van der Waals surface area contributed by atoms with Crippen LogP contribution in [0.15, 0.2) is 84.4 Å². The van der Waals surface area contributed by atoms with Crippen molar-refractivity contribution in [2.24, 2.45) is 5.41 Å². The molecule has 7 rings (SSSR count). The second-order valence-electron chi connectivity index (χ2n) is 14.1. The van der Waals surface area contributed by atoms with Crippen LogP contribution in [-0.4, -0.2) is 21.8 Å². The molecular weight excluding hydrogens is 571 g/mol. The number of aromatic nitrogens is 3. The van der Waals surface area contributed by atoms with E-state index in [0.717, 1.165) is 52.5 Å². The van der Waals surface area contributed by atoms with Crippen LogP contribution >= 0.6 is 0 Å². The van der Waals surface area contributed by atoms with Gasteiger partial charge in [-0.2, -0.15) is 18.3 Å². The van der Waals surface area contributed by atoms with E-state index in [1.165, 1.54) is 28.8 Å². The Morgan fingerprint density at radius 3 is 2.53 bits per heavy atom. The summed E-state index contributed by atoms with van der Waals surface area (Å²) in [6.45, 7) is 9.50. The van der Waals surface area contributed by atoms with Gasteiger partial charge in [-0.3, -0.25) is 5.10 Å². The number of benzene rings is 3. The maximum Gasteiger partial charge on any atom is 0.416 e. The molecule has 0 bridgehead atoms. The minimum absolute atomic E-state index is 0.109. The molecule has 0 spiro atoms. The third-order valence-electron chi connectivity index (χ3n) is 9.41. The van der Waals surface area contributed by atoms with Crippen molar-refractivity contribution in [1.29, 1.82) is 0 Å². The van der Waals surface area contributed by atoms with Crippen molar-refractivity contribution in [3.8, 4) is 11.1 Å². The summed E-state index contributed by atoms with van der Waals surface area (Å²) >= 11 is 0. The number of hydrogen-bond donors (Lipinski definition) is 2. The van der Waals surface area contributed by atoms with Gasteiger partial charge in [-0.1, -0.05) is 93.9 Å². The number of nitrogens with zero attached hydrogens (tertiary/aromatic N) is 1. The molecule has 1 saturated heterocycles. The summed E-state index contributed by atoms with van der Waals surface area (Å²) in [6.07, 6.45) is -0.0187. The van der Waals surface area contributed by atoms with Crippen LogP contribution in [0.2, 0.25) is 0 Å². The van der Waals surface area contributed by atoms with Gasteiger partial charge in [0.1, 0.15) is 6.10 Å². The fourth-order valence-electron chi connectivity index (χ4n) is 7.35. The van der Waals surface area contributed by atoms with Crippen molar-refractivity contribution in [3.05, 3.63) is 118 Å². The highest BCUT2D eigenvalue weighted by atomic mass is 19.4. The molecule has 1 aliphatic carbocycles. The number of alkyl halides is 3. The number of H-pyrrole nitrogens is 2. The Balaban J connectivity index is 1.24. The quantitative estimate of drug-likeness (QED) is 0.208. The molecule has 0 radical (unpaired) electrons. The molecule has 2 aliphatic rings. The van der Waals surface area contributed by atoms with Gasteiger partial charge in [0.25, 0.3) is 0 Å². The number of nitrogens with one attached hydrogen (secondary N) is 2. The van der Waals surface area contributed by atoms with Gasteiger partial charge in [0.2, 0.25) is 0 Å². The van der Waals surface area contributed by atoms with Crippen LogP contribution < -0.4 is 0 Å². The molecule has 3 aromatic carbocycles. The lowest BCUT2D eigenvalue weighted by Gasteiger charge is -2.38. The SMILES string of the molecule is CC(C)(C)CC1=Cc2ccccc2C1c1cc(C2CC(C)(c3[nH]c4ccccc4c3-c3cccc(C(F)(F)F)c3)CCO2)n[nH]1. The zero-order valence-corrected chi connectivity index (χ0v) is 26.1. The first kappa shape index (κ1) is 29.6. The van der Waals surface area contributed by atoms with Gasteiger partial charge in [0.15, 0.2) is 0 Å². The van der Waals surface area contributed by atoms with E-state index in [9.17, 15) is 13.2 Å². The van der Waals surface area contributed by atoms with Gasteiger partial charge in [-0.15, -0.1) is 0 Å². The van der Waals surface area contributed by atoms with Crippen LogP contribution in [0.3, 0.4) is 0 Å². The second kappa shape index (κ2) is 10.8. The average Bonchev–Trinajstić information content (AvgIpc) is 3.71. The molecule has 4 nitrogen and oxygen atoms in total. The van der Waals surface area contributed by atoms with Gasteiger partial charge >= 0.3 is 6.18 Å². The second-order valence-corrected chi connectivity index (χ2v) is 14.1. The summed E-state index contributed by atoms with van der Waals surface area (Å²) < 4.78 is 47.6. The van der Waals surface area contributed by atoms with E-state index in [2.05, 4.69) is 74.2 Å². The van der Waals surface area contributed by atoms with Gasteiger partial charge in [0, 0.05) is 45.8 Å². The number of rotatable bonds is 5. The smallest absolute Gasteiger partial charge is 0.372 e. The summed E-state index contributed by atoms with van der Waals surface area (Å²) in [6, 6.07) is 24.2. The zero-order valence-electron chi connectivity index (χ0n) is 26.1. The predicted octanol–water partition coefficient (Wildman–Crippen LogP) is 10.4. The summed E-state index contributed by atoms with van der Waals surface area (Å²) in [5.41, 5.74) is 8.14. The van der Waals surface area contributed by atoms with Crippen LogP contribution in [0.5, 0.6) is 0 Å². The van der Waals surface area contributed by atoms with E-state index in [4.69, 9.17) is 9.84 Å². The fourth-order valence-corrected chi connectivity index (χ4v) is 7.35. The van der Waals surface area contributed by atoms with E-state index < -0.39 is 11.7 Å². The number of allylic oxidation sites excluding steroid dienone is 1. The van der Waals surface area contributed by atoms with Crippen molar-refractivity contribution in [2.45, 2.75) is 70.6 Å². The lowest BCUT2D eigenvalue weighted by Crippen LogP contribution is -2.33. The predicted molar refractivity (Wildman–Crippen MR) is 173 cm³/mol. The van der Waals surface area contributed by atoms with Crippen molar-refractivity contribution < 1.29 is 17.9 Å². The molecule has 1 aliphatic heterocycles. The third kappa shape index (κ3) is 5.52. The maximum atomic E-state index is 13.8. The van der Waals surface area contributed by atoms with Crippen LogP contribution in [0.1, 0.15) is 92.8 Å². The minimum Gasteiger partial charge on any atom is -0.372 e. The fraction of sp³-hybridized carbons (Fsp3) is 0.342. The molecule has 1 fully saturated rings. The summed E-state index contributed by atoms with van der Waals surface area (Å²) in [5.74, 6) is 0.109. The maximum absolute atomic E-state index is 13.8. The topological polar surface area (TPSA) is 53.7 Å². The molecule has 232 valence electrons. The van der Waals surface area contributed by atoms with Gasteiger partial charge in [0.05, 0.1) is 11.3 Å². The molecule has 3 atom stereocenters. The van der Waals surface area contributed by atoms with E-state index in [-0.39, 0.29) is 22.9 Å². The Kier molecular flexibility index (Phi) is 7.08. The standard InChI is InChI=1S/C38H38F3N3O/c1-36(2,3)21-25-18-23-10-5-6-13-27(23)33(25)31-20-30(43-44-31)32-22-37(4,16-17-45-32)35-34(28-14-7-8-15-29(28)42-35)24-11-9-12-26(19-24)38(39,40)41/h5-15,18-20,32-33,42H,16-17,21-22H2,1-4H3,(H,43,44). The number of fused-ring (bicyclic) bond motifs is 2. The van der Waals surface area contributed by atoms with Crippen LogP contribution in [0.25, 0.3) is 28.1 Å². The molecule has 2 N–H and O–H groups in total. The summed E-state index contributed by atoms with van der Waals surface area (Å²) in [7, 11) is 0. The highest BCUT2D eigenvalue weighted by Gasteiger charge is 2.40. The molecule has 45 heavy (non-hydrogen) atoms. The highest BCUT2D eigenvalue weighted by molar-refractivity contribution is 5.98. The van der Waals surface area contributed by atoms with Crippen molar-refractivity contribution >= 4 is 17.0 Å². The molecule has 0 saturated carbocycles. The normalized spacial score (nSPS) is 22.1. The van der Waals surface area contributed by atoms with Crippen LogP contribution in [0, 0.1) is 5.41 Å². The lowest BCUT2D eigenvalue weighted by atomic mass is 9.74. The largest absolute Gasteiger partial charge is 0.416 e. The lowest BCUT2D eigenvalue weighted by molar-refractivity contribution is -0.137. The average molecular weight is 610 g/mol. The molecule has 0 amide bonds. The third-order valence-corrected chi connectivity index (χ3v) is 9.41. The van der Waals surface area contributed by atoms with E-state index in [1.54, 1.807) is 6.07 Å². The van der Waals surface area contributed by atoms with E-state index in [0.29, 0.717) is 18.6 Å². The van der Waals surface area contributed by atoms with Crippen LogP contribution in [0.4, 0.5) is 13.2 Å². The molecule has 7 heteroatoms. The van der Waals surface area contributed by atoms with E-state index >= 15 is 0 Å². The Morgan fingerprint density at radius 1 is 0.956 bits per heavy atom.